The fraction of sp³-hybridized carbons (Fsp3) is 0.154. The Bertz CT molecular complexity index is 785. The van der Waals surface area contributed by atoms with Crippen LogP contribution in [0.25, 0.3) is 5.65 Å². The molecule has 3 aromatic rings. The summed E-state index contributed by atoms with van der Waals surface area (Å²) < 4.78 is 1.32. The second-order valence-corrected chi connectivity index (χ2v) is 4.44. The summed E-state index contributed by atoms with van der Waals surface area (Å²) in [7, 11) is 0. The van der Waals surface area contributed by atoms with E-state index in [-0.39, 0.29) is 6.42 Å². The Morgan fingerprint density at radius 2 is 2.00 bits per heavy atom. The summed E-state index contributed by atoms with van der Waals surface area (Å²) in [6.07, 6.45) is -0.00267. The number of nitrogens with zero attached hydrogens (tertiary/aromatic N) is 5. The van der Waals surface area contributed by atoms with Gasteiger partial charge < -0.3 is 10.4 Å². The van der Waals surface area contributed by atoms with Crippen molar-refractivity contribution in [2.45, 2.75) is 13.0 Å². The first kappa shape index (κ1) is 13.0. The number of hydrogen-bond donors (Lipinski definition) is 2. The zero-order valence-corrected chi connectivity index (χ0v) is 11.0. The fourth-order valence-electron chi connectivity index (χ4n) is 2.00. The van der Waals surface area contributed by atoms with Gasteiger partial charge in [-0.3, -0.25) is 4.79 Å². The van der Waals surface area contributed by atoms with Gasteiger partial charge in [-0.15, -0.1) is 14.8 Å². The Morgan fingerprint density at radius 1 is 1.19 bits per heavy atom. The SMILES string of the molecule is O=C(O)Cc1ccccc1CNc1ccc2nnnn2n1. The molecule has 0 bridgehead atoms. The van der Waals surface area contributed by atoms with Crippen LogP contribution in [0.1, 0.15) is 11.1 Å². The normalized spacial score (nSPS) is 10.7. The minimum absolute atomic E-state index is 0.00267. The van der Waals surface area contributed by atoms with E-state index in [9.17, 15) is 4.79 Å². The lowest BCUT2D eigenvalue weighted by Crippen LogP contribution is -2.09. The number of fused-ring (bicyclic) bond motifs is 1. The highest BCUT2D eigenvalue weighted by Gasteiger charge is 2.07. The van der Waals surface area contributed by atoms with Crippen molar-refractivity contribution < 1.29 is 9.90 Å². The Balaban J connectivity index is 1.76. The van der Waals surface area contributed by atoms with E-state index in [1.165, 1.54) is 4.63 Å². The molecule has 0 spiro atoms. The van der Waals surface area contributed by atoms with Gasteiger partial charge in [0, 0.05) is 6.54 Å². The molecule has 8 heteroatoms. The molecule has 0 aliphatic heterocycles. The largest absolute Gasteiger partial charge is 0.481 e. The van der Waals surface area contributed by atoms with Crippen molar-refractivity contribution in [3.8, 4) is 0 Å². The molecule has 1 aromatic carbocycles. The second kappa shape index (κ2) is 5.53. The molecule has 0 saturated carbocycles. The van der Waals surface area contributed by atoms with Gasteiger partial charge in [0.1, 0.15) is 5.82 Å². The second-order valence-electron chi connectivity index (χ2n) is 4.44. The van der Waals surface area contributed by atoms with E-state index in [2.05, 4.69) is 25.9 Å². The molecule has 2 heterocycles. The van der Waals surface area contributed by atoms with Gasteiger partial charge in [0.25, 0.3) is 0 Å². The molecule has 21 heavy (non-hydrogen) atoms. The Labute approximate surface area is 119 Å². The standard InChI is InChI=1S/C13H12N6O2/c20-13(21)7-9-3-1-2-4-10(9)8-14-11-5-6-12-15-17-18-19(12)16-11/h1-6H,7-8H2,(H,14,16)(H,20,21). The third kappa shape index (κ3) is 2.94. The van der Waals surface area contributed by atoms with E-state index >= 15 is 0 Å². The molecule has 0 amide bonds. The van der Waals surface area contributed by atoms with Gasteiger partial charge in [0.05, 0.1) is 6.42 Å². The van der Waals surface area contributed by atoms with E-state index in [0.29, 0.717) is 18.0 Å². The molecule has 0 radical (unpaired) electrons. The van der Waals surface area contributed by atoms with Crippen LogP contribution in [0.2, 0.25) is 0 Å². The highest BCUT2D eigenvalue weighted by atomic mass is 16.4. The third-order valence-electron chi connectivity index (χ3n) is 2.99. The summed E-state index contributed by atoms with van der Waals surface area (Å²) >= 11 is 0. The van der Waals surface area contributed by atoms with Crippen LogP contribution in [0.15, 0.2) is 36.4 Å². The van der Waals surface area contributed by atoms with Gasteiger partial charge in [-0.1, -0.05) is 24.3 Å². The molecule has 0 aliphatic carbocycles. The topological polar surface area (TPSA) is 105 Å². The van der Waals surface area contributed by atoms with Gasteiger partial charge in [0.2, 0.25) is 0 Å². The molecule has 0 fully saturated rings. The molecular formula is C13H12N6O2. The number of aromatic nitrogens is 5. The first-order valence-electron chi connectivity index (χ1n) is 6.30. The van der Waals surface area contributed by atoms with Crippen molar-refractivity contribution in [3.05, 3.63) is 47.5 Å². The van der Waals surface area contributed by atoms with Crippen molar-refractivity contribution in [3.63, 3.8) is 0 Å². The van der Waals surface area contributed by atoms with Crippen LogP contribution in [-0.4, -0.2) is 36.3 Å². The van der Waals surface area contributed by atoms with E-state index in [4.69, 9.17) is 5.11 Å². The zero-order chi connectivity index (χ0) is 14.7. The summed E-state index contributed by atoms with van der Waals surface area (Å²) in [6, 6.07) is 10.9. The molecule has 2 N–H and O–H groups in total. The number of anilines is 1. The molecule has 0 atom stereocenters. The van der Waals surface area contributed by atoms with Crippen molar-refractivity contribution >= 4 is 17.4 Å². The lowest BCUT2D eigenvalue weighted by atomic mass is 10.0. The lowest BCUT2D eigenvalue weighted by Gasteiger charge is -2.09. The monoisotopic (exact) mass is 284 g/mol. The van der Waals surface area contributed by atoms with Crippen molar-refractivity contribution in [2.24, 2.45) is 0 Å². The van der Waals surface area contributed by atoms with E-state index in [0.717, 1.165) is 11.1 Å². The number of aliphatic carboxylic acids is 1. The van der Waals surface area contributed by atoms with Gasteiger partial charge in [-0.2, -0.15) is 0 Å². The Hall–Kier alpha value is -3.03. The van der Waals surface area contributed by atoms with Crippen molar-refractivity contribution in [1.82, 2.24) is 25.3 Å². The summed E-state index contributed by atoms with van der Waals surface area (Å²) in [5.41, 5.74) is 2.26. The predicted octanol–water partition coefficient (Wildman–Crippen LogP) is 0.758. The van der Waals surface area contributed by atoms with Crippen LogP contribution in [-0.2, 0) is 17.8 Å². The summed E-state index contributed by atoms with van der Waals surface area (Å²) in [4.78, 5) is 10.9. The number of rotatable bonds is 5. The van der Waals surface area contributed by atoms with E-state index < -0.39 is 5.97 Å². The molecule has 8 nitrogen and oxygen atoms in total. The molecule has 0 aliphatic rings. The summed E-state index contributed by atoms with van der Waals surface area (Å²) in [5, 5.41) is 27.2. The smallest absolute Gasteiger partial charge is 0.307 e. The highest BCUT2D eigenvalue weighted by molar-refractivity contribution is 5.70. The average molecular weight is 284 g/mol. The highest BCUT2D eigenvalue weighted by Crippen LogP contribution is 2.12. The minimum atomic E-state index is -0.851. The van der Waals surface area contributed by atoms with Gasteiger partial charge in [0.15, 0.2) is 5.65 Å². The zero-order valence-electron chi connectivity index (χ0n) is 11.0. The number of hydrogen-bond acceptors (Lipinski definition) is 6. The van der Waals surface area contributed by atoms with Crippen LogP contribution < -0.4 is 5.32 Å². The first-order chi connectivity index (χ1) is 10.2. The third-order valence-corrected chi connectivity index (χ3v) is 2.99. The van der Waals surface area contributed by atoms with Gasteiger partial charge in [-0.05, 0) is 33.7 Å². The number of carbonyl (C=O) groups is 1. The van der Waals surface area contributed by atoms with Crippen LogP contribution in [0, 0.1) is 0 Å². The maximum atomic E-state index is 10.9. The van der Waals surface area contributed by atoms with Crippen LogP contribution in [0.4, 0.5) is 5.82 Å². The minimum Gasteiger partial charge on any atom is -0.481 e. The van der Waals surface area contributed by atoms with Crippen LogP contribution in [0.3, 0.4) is 0 Å². The number of tetrazole rings is 1. The van der Waals surface area contributed by atoms with Gasteiger partial charge >= 0.3 is 5.97 Å². The molecule has 2 aromatic heterocycles. The molecule has 3 rings (SSSR count). The maximum absolute atomic E-state index is 10.9. The quantitative estimate of drug-likeness (QED) is 0.712. The van der Waals surface area contributed by atoms with E-state index in [1.807, 2.05) is 24.3 Å². The molecule has 0 saturated heterocycles. The summed E-state index contributed by atoms with van der Waals surface area (Å²) in [6.45, 7) is 0.476. The van der Waals surface area contributed by atoms with Crippen LogP contribution >= 0.6 is 0 Å². The van der Waals surface area contributed by atoms with Gasteiger partial charge in [-0.25, -0.2) is 0 Å². The average Bonchev–Trinajstić information content (AvgIpc) is 2.93. The van der Waals surface area contributed by atoms with Crippen LogP contribution in [0.5, 0.6) is 0 Å². The molecular weight excluding hydrogens is 272 g/mol. The first-order valence-corrected chi connectivity index (χ1v) is 6.30. The Kier molecular flexibility index (Phi) is 3.42. The fourth-order valence-corrected chi connectivity index (χ4v) is 2.00. The lowest BCUT2D eigenvalue weighted by molar-refractivity contribution is -0.136. The predicted molar refractivity (Wildman–Crippen MR) is 73.7 cm³/mol. The van der Waals surface area contributed by atoms with Crippen molar-refractivity contribution in [2.75, 3.05) is 5.32 Å². The number of nitrogens with one attached hydrogen (secondary N) is 1. The maximum Gasteiger partial charge on any atom is 0.307 e. The number of carboxylic acid groups (broad SMARTS) is 1. The van der Waals surface area contributed by atoms with E-state index in [1.54, 1.807) is 12.1 Å². The molecule has 106 valence electrons. The summed E-state index contributed by atoms with van der Waals surface area (Å²) in [5.74, 6) is -0.240. The number of benzene rings is 1. The Morgan fingerprint density at radius 3 is 2.81 bits per heavy atom. The molecule has 0 unspecified atom stereocenters. The number of carboxylic acids is 1. The van der Waals surface area contributed by atoms with Crippen molar-refractivity contribution in [1.29, 1.82) is 0 Å².